The van der Waals surface area contributed by atoms with Gasteiger partial charge in [-0.05, 0) is 39.7 Å². The maximum absolute atomic E-state index is 12.7. The van der Waals surface area contributed by atoms with Crippen LogP contribution in [-0.4, -0.2) is 53.6 Å². The lowest BCUT2D eigenvalue weighted by Crippen LogP contribution is -2.50. The summed E-state index contributed by atoms with van der Waals surface area (Å²) in [5.41, 5.74) is -0.174. The van der Waals surface area contributed by atoms with Crippen LogP contribution in [0, 0.1) is 0 Å². The number of carbonyl (C=O) groups is 1. The fraction of sp³-hybridized carbons (Fsp3) is 0.929. The van der Waals surface area contributed by atoms with Gasteiger partial charge >= 0.3 is 0 Å². The molecule has 0 bridgehead atoms. The van der Waals surface area contributed by atoms with E-state index in [0.29, 0.717) is 18.0 Å². The molecule has 102 valence electrons. The summed E-state index contributed by atoms with van der Waals surface area (Å²) < 4.78 is 0. The number of likely N-dealkylation sites (tertiary alicyclic amines) is 1. The van der Waals surface area contributed by atoms with Crippen molar-refractivity contribution in [3.8, 4) is 0 Å². The Morgan fingerprint density at radius 3 is 2.72 bits per heavy atom. The first-order chi connectivity index (χ1) is 8.62. The van der Waals surface area contributed by atoms with Crippen molar-refractivity contribution < 1.29 is 4.79 Å². The van der Waals surface area contributed by atoms with Crippen LogP contribution in [-0.2, 0) is 4.79 Å². The van der Waals surface area contributed by atoms with Crippen LogP contribution in [0.25, 0.3) is 0 Å². The van der Waals surface area contributed by atoms with Gasteiger partial charge < -0.3 is 9.80 Å². The average Bonchev–Trinajstić information content (AvgIpc) is 2.94. The summed E-state index contributed by atoms with van der Waals surface area (Å²) in [7, 11) is 2.18. The molecule has 18 heavy (non-hydrogen) atoms. The molecule has 4 heteroatoms. The van der Waals surface area contributed by atoms with Gasteiger partial charge in [0.1, 0.15) is 0 Å². The number of hydrogen-bond donors (Lipinski definition) is 1. The average molecular weight is 251 g/mol. The van der Waals surface area contributed by atoms with E-state index in [9.17, 15) is 4.79 Å². The maximum Gasteiger partial charge on any atom is 0.244 e. The largest absolute Gasteiger partial charge is 0.325 e. The molecular formula is C14H25N3O. The van der Waals surface area contributed by atoms with Crippen molar-refractivity contribution in [3.63, 3.8) is 0 Å². The molecule has 1 saturated carbocycles. The van der Waals surface area contributed by atoms with Gasteiger partial charge in [0.25, 0.3) is 0 Å². The third-order valence-electron chi connectivity index (χ3n) is 5.34. The minimum absolute atomic E-state index is 0.174. The van der Waals surface area contributed by atoms with Gasteiger partial charge in [0.2, 0.25) is 5.91 Å². The number of piperidine rings is 1. The van der Waals surface area contributed by atoms with Gasteiger partial charge in [-0.3, -0.25) is 10.1 Å². The van der Waals surface area contributed by atoms with E-state index in [1.54, 1.807) is 0 Å². The molecule has 2 heterocycles. The first kappa shape index (κ1) is 12.4. The lowest BCUT2D eigenvalue weighted by molar-refractivity contribution is -0.135. The highest BCUT2D eigenvalue weighted by molar-refractivity contribution is 5.89. The molecule has 2 saturated heterocycles. The molecule has 0 aromatic heterocycles. The van der Waals surface area contributed by atoms with E-state index in [-0.39, 0.29) is 5.54 Å². The van der Waals surface area contributed by atoms with E-state index >= 15 is 0 Å². The molecule has 2 aliphatic heterocycles. The molecule has 4 nitrogen and oxygen atoms in total. The highest BCUT2D eigenvalue weighted by Crippen LogP contribution is 2.36. The number of nitrogens with one attached hydrogen (secondary N) is 1. The number of rotatable bonds is 1. The molecule has 2 atom stereocenters. The van der Waals surface area contributed by atoms with E-state index in [0.717, 1.165) is 38.9 Å². The first-order valence-corrected chi connectivity index (χ1v) is 7.39. The molecule has 3 aliphatic rings. The third-order valence-corrected chi connectivity index (χ3v) is 5.34. The fourth-order valence-corrected chi connectivity index (χ4v) is 3.87. The Hall–Kier alpha value is -0.610. The van der Waals surface area contributed by atoms with Crippen LogP contribution in [0.3, 0.4) is 0 Å². The van der Waals surface area contributed by atoms with Crippen LogP contribution >= 0.6 is 0 Å². The first-order valence-electron chi connectivity index (χ1n) is 7.39. The van der Waals surface area contributed by atoms with Crippen LogP contribution in [0.2, 0.25) is 0 Å². The van der Waals surface area contributed by atoms with E-state index in [2.05, 4.69) is 29.1 Å². The Labute approximate surface area is 110 Å². The Balaban J connectivity index is 1.69. The van der Waals surface area contributed by atoms with Crippen molar-refractivity contribution in [3.05, 3.63) is 0 Å². The molecule has 1 spiro atoms. The zero-order valence-corrected chi connectivity index (χ0v) is 11.6. The van der Waals surface area contributed by atoms with Crippen LogP contribution in [0.5, 0.6) is 0 Å². The van der Waals surface area contributed by atoms with Crippen LogP contribution in [0.1, 0.15) is 45.4 Å². The zero-order valence-electron chi connectivity index (χ0n) is 11.6. The molecule has 3 fully saturated rings. The molecule has 1 amide bonds. The zero-order chi connectivity index (χ0) is 12.8. The maximum atomic E-state index is 12.7. The Morgan fingerprint density at radius 1 is 1.33 bits per heavy atom. The molecule has 0 aromatic rings. The van der Waals surface area contributed by atoms with Crippen LogP contribution in [0.15, 0.2) is 0 Å². The third kappa shape index (κ3) is 1.86. The normalized spacial score (nSPS) is 36.8. The summed E-state index contributed by atoms with van der Waals surface area (Å²) in [5.74, 6) is 0.391. The predicted molar refractivity (Wildman–Crippen MR) is 71.2 cm³/mol. The number of amides is 1. The highest BCUT2D eigenvalue weighted by atomic mass is 16.2. The van der Waals surface area contributed by atoms with Gasteiger partial charge in [0.15, 0.2) is 0 Å². The van der Waals surface area contributed by atoms with Gasteiger partial charge in [-0.15, -0.1) is 0 Å². The second kappa shape index (κ2) is 4.49. The van der Waals surface area contributed by atoms with E-state index in [4.69, 9.17) is 0 Å². The molecule has 3 rings (SSSR count). The van der Waals surface area contributed by atoms with Crippen molar-refractivity contribution in [1.29, 1.82) is 0 Å². The van der Waals surface area contributed by atoms with Gasteiger partial charge in [-0.1, -0.05) is 12.8 Å². The molecule has 1 N–H and O–H groups in total. The highest BCUT2D eigenvalue weighted by Gasteiger charge is 2.49. The Bertz CT molecular complexity index is 338. The monoisotopic (exact) mass is 251 g/mol. The van der Waals surface area contributed by atoms with E-state index in [1.165, 1.54) is 12.8 Å². The summed E-state index contributed by atoms with van der Waals surface area (Å²) in [6.45, 7) is 4.16. The summed E-state index contributed by atoms with van der Waals surface area (Å²) in [6, 6.07) is 1.05. The number of hydrogen-bond acceptors (Lipinski definition) is 3. The minimum Gasteiger partial charge on any atom is -0.325 e. The summed E-state index contributed by atoms with van der Waals surface area (Å²) >= 11 is 0. The minimum atomic E-state index is -0.174. The second-order valence-electron chi connectivity index (χ2n) is 6.41. The van der Waals surface area contributed by atoms with Gasteiger partial charge in [0, 0.05) is 18.6 Å². The second-order valence-corrected chi connectivity index (χ2v) is 6.41. The smallest absolute Gasteiger partial charge is 0.244 e. The topological polar surface area (TPSA) is 35.6 Å². The lowest BCUT2D eigenvalue weighted by atomic mass is 9.94. The van der Waals surface area contributed by atoms with Gasteiger partial charge in [-0.2, -0.15) is 0 Å². The SMILES string of the molecule is CC1CC(N2CNC3(CCCC3)C2=O)CCN1C. The van der Waals surface area contributed by atoms with Crippen LogP contribution < -0.4 is 5.32 Å². The standard InChI is InChI=1S/C14H25N3O/c1-11-9-12(5-8-16(11)2)17-10-15-14(13(17)18)6-3-4-7-14/h11-12,15H,3-10H2,1-2H3. The molecule has 1 aliphatic carbocycles. The molecular weight excluding hydrogens is 226 g/mol. The summed E-state index contributed by atoms with van der Waals surface area (Å²) in [4.78, 5) is 17.2. The number of carbonyl (C=O) groups excluding carboxylic acids is 1. The molecule has 0 aromatic carbocycles. The Kier molecular flexibility index (Phi) is 3.10. The van der Waals surface area contributed by atoms with Crippen molar-refractivity contribution in [1.82, 2.24) is 15.1 Å². The predicted octanol–water partition coefficient (Wildman–Crippen LogP) is 1.17. The van der Waals surface area contributed by atoms with Crippen molar-refractivity contribution in [2.75, 3.05) is 20.3 Å². The van der Waals surface area contributed by atoms with Gasteiger partial charge in [0.05, 0.1) is 12.2 Å². The van der Waals surface area contributed by atoms with E-state index in [1.807, 2.05) is 0 Å². The molecule has 2 unspecified atom stereocenters. The number of nitrogens with zero attached hydrogens (tertiary/aromatic N) is 2. The quantitative estimate of drug-likeness (QED) is 0.760. The van der Waals surface area contributed by atoms with Crippen molar-refractivity contribution >= 4 is 5.91 Å². The van der Waals surface area contributed by atoms with Crippen molar-refractivity contribution in [2.24, 2.45) is 0 Å². The Morgan fingerprint density at radius 2 is 2.06 bits per heavy atom. The summed E-state index contributed by atoms with van der Waals surface area (Å²) in [6.07, 6.45) is 6.76. The van der Waals surface area contributed by atoms with E-state index < -0.39 is 0 Å². The fourth-order valence-electron chi connectivity index (χ4n) is 3.87. The molecule has 0 radical (unpaired) electrons. The van der Waals surface area contributed by atoms with Crippen molar-refractivity contribution in [2.45, 2.75) is 63.1 Å². The van der Waals surface area contributed by atoms with Gasteiger partial charge in [-0.25, -0.2) is 0 Å². The van der Waals surface area contributed by atoms with Crippen LogP contribution in [0.4, 0.5) is 0 Å². The lowest BCUT2D eigenvalue weighted by Gasteiger charge is -2.39. The summed E-state index contributed by atoms with van der Waals surface area (Å²) in [5, 5.41) is 3.52.